The Kier molecular flexibility index (Phi) is 2.98. The van der Waals surface area contributed by atoms with E-state index < -0.39 is 0 Å². The van der Waals surface area contributed by atoms with Crippen LogP contribution in [0.3, 0.4) is 0 Å². The molecule has 80 valence electrons. The predicted molar refractivity (Wildman–Crippen MR) is 65.3 cm³/mol. The summed E-state index contributed by atoms with van der Waals surface area (Å²) in [6, 6.07) is 14.1. The van der Waals surface area contributed by atoms with E-state index in [0.717, 1.165) is 10.9 Å². The summed E-state index contributed by atoms with van der Waals surface area (Å²) in [6.07, 6.45) is 3.14. The summed E-state index contributed by atoms with van der Waals surface area (Å²) < 4.78 is 0. The number of nitrogens with one attached hydrogen (secondary N) is 1. The summed E-state index contributed by atoms with van der Waals surface area (Å²) in [5.74, 6) is 4.66. The van der Waals surface area contributed by atoms with Crippen molar-refractivity contribution in [1.29, 1.82) is 0 Å². The molecule has 1 amide bonds. The van der Waals surface area contributed by atoms with Gasteiger partial charge in [0.15, 0.2) is 0 Å². The fraction of sp³-hybridized carbons (Fsp3) is 0. The monoisotopic (exact) mass is 212 g/mol. The Morgan fingerprint density at radius 2 is 1.88 bits per heavy atom. The van der Waals surface area contributed by atoms with E-state index in [2.05, 4.69) is 6.07 Å². The van der Waals surface area contributed by atoms with E-state index >= 15 is 0 Å². The first-order valence-electron chi connectivity index (χ1n) is 4.97. The lowest BCUT2D eigenvalue weighted by molar-refractivity contribution is -0.116. The summed E-state index contributed by atoms with van der Waals surface area (Å²) in [5.41, 5.74) is 3.02. The molecule has 0 unspecified atom stereocenters. The van der Waals surface area contributed by atoms with Crippen molar-refractivity contribution < 1.29 is 4.79 Å². The van der Waals surface area contributed by atoms with Gasteiger partial charge in [-0.2, -0.15) is 0 Å². The van der Waals surface area contributed by atoms with Gasteiger partial charge in [-0.15, -0.1) is 0 Å². The number of amides is 1. The maximum Gasteiger partial charge on any atom is 0.257 e. The molecule has 0 aromatic heterocycles. The minimum atomic E-state index is -0.312. The molecule has 3 heteroatoms. The predicted octanol–water partition coefficient (Wildman–Crippen LogP) is 1.84. The number of hydrazine groups is 1. The molecule has 2 aromatic carbocycles. The first-order valence-corrected chi connectivity index (χ1v) is 4.97. The third kappa shape index (κ3) is 2.27. The van der Waals surface area contributed by atoms with Crippen LogP contribution in [0.5, 0.6) is 0 Å². The van der Waals surface area contributed by atoms with E-state index in [-0.39, 0.29) is 5.91 Å². The second-order valence-corrected chi connectivity index (χ2v) is 3.45. The topological polar surface area (TPSA) is 55.1 Å². The first kappa shape index (κ1) is 10.4. The van der Waals surface area contributed by atoms with Crippen molar-refractivity contribution in [3.8, 4) is 0 Å². The molecule has 2 aromatic rings. The first-order chi connectivity index (χ1) is 7.79. The Bertz CT molecular complexity index is 546. The zero-order chi connectivity index (χ0) is 11.4. The highest BCUT2D eigenvalue weighted by atomic mass is 16.2. The third-order valence-corrected chi connectivity index (χ3v) is 2.34. The Hall–Kier alpha value is -2.13. The van der Waals surface area contributed by atoms with Crippen LogP contribution >= 0.6 is 0 Å². The Morgan fingerprint density at radius 3 is 2.62 bits per heavy atom. The third-order valence-electron chi connectivity index (χ3n) is 2.34. The van der Waals surface area contributed by atoms with E-state index in [1.807, 2.05) is 41.8 Å². The van der Waals surface area contributed by atoms with Gasteiger partial charge >= 0.3 is 0 Å². The molecule has 0 aliphatic heterocycles. The normalized spacial score (nSPS) is 10.8. The molecule has 0 fully saturated rings. The van der Waals surface area contributed by atoms with Crippen LogP contribution in [0.4, 0.5) is 0 Å². The number of rotatable bonds is 2. The lowest BCUT2D eigenvalue weighted by Crippen LogP contribution is -2.27. The summed E-state index contributed by atoms with van der Waals surface area (Å²) >= 11 is 0. The van der Waals surface area contributed by atoms with Crippen LogP contribution in [0.15, 0.2) is 48.5 Å². The molecule has 16 heavy (non-hydrogen) atoms. The smallest absolute Gasteiger partial charge is 0.257 e. The largest absolute Gasteiger partial charge is 0.291 e. The molecular formula is C13H12N2O. The van der Waals surface area contributed by atoms with Gasteiger partial charge in [-0.25, -0.2) is 5.84 Å². The summed E-state index contributed by atoms with van der Waals surface area (Å²) in [6.45, 7) is 0. The second kappa shape index (κ2) is 4.59. The number of hydrogen-bond donors (Lipinski definition) is 2. The summed E-state index contributed by atoms with van der Waals surface area (Å²) in [4.78, 5) is 10.9. The van der Waals surface area contributed by atoms with E-state index in [0.29, 0.717) is 0 Å². The van der Waals surface area contributed by atoms with Crippen LogP contribution in [0.25, 0.3) is 16.8 Å². The van der Waals surface area contributed by atoms with Crippen LogP contribution in [0.2, 0.25) is 0 Å². The lowest BCUT2D eigenvalue weighted by atomic mass is 10.1. The lowest BCUT2D eigenvalue weighted by Gasteiger charge is -1.98. The molecular weight excluding hydrogens is 200 g/mol. The molecule has 0 spiro atoms. The van der Waals surface area contributed by atoms with Gasteiger partial charge in [0.1, 0.15) is 0 Å². The average Bonchev–Trinajstić information content (AvgIpc) is 2.35. The van der Waals surface area contributed by atoms with E-state index in [4.69, 9.17) is 5.84 Å². The Labute approximate surface area is 93.5 Å². The van der Waals surface area contributed by atoms with E-state index in [9.17, 15) is 4.79 Å². The molecule has 0 bridgehead atoms. The van der Waals surface area contributed by atoms with Crippen molar-refractivity contribution >= 4 is 22.8 Å². The van der Waals surface area contributed by atoms with Crippen LogP contribution in [0, 0.1) is 0 Å². The summed E-state index contributed by atoms with van der Waals surface area (Å²) in [5, 5.41) is 2.33. The van der Waals surface area contributed by atoms with Crippen LogP contribution in [-0.2, 0) is 4.79 Å². The second-order valence-electron chi connectivity index (χ2n) is 3.45. The molecule has 0 radical (unpaired) electrons. The van der Waals surface area contributed by atoms with Gasteiger partial charge in [0.25, 0.3) is 5.91 Å². The van der Waals surface area contributed by atoms with Crippen LogP contribution in [0.1, 0.15) is 5.56 Å². The zero-order valence-electron chi connectivity index (χ0n) is 8.68. The highest BCUT2D eigenvalue weighted by Gasteiger charge is 1.94. The standard InChI is InChI=1S/C13H12N2O/c14-15-13(16)8-6-10-5-7-11-3-1-2-4-12(11)9-10/h1-9H,14H2,(H,15,16)/b8-6+. The highest BCUT2D eigenvalue weighted by molar-refractivity contribution is 5.92. The van der Waals surface area contributed by atoms with Crippen LogP contribution < -0.4 is 11.3 Å². The molecule has 2 rings (SSSR count). The van der Waals surface area contributed by atoms with Gasteiger partial charge in [0.05, 0.1) is 0 Å². The average molecular weight is 212 g/mol. The van der Waals surface area contributed by atoms with Crippen LogP contribution in [-0.4, -0.2) is 5.91 Å². The molecule has 0 saturated carbocycles. The fourth-order valence-corrected chi connectivity index (χ4v) is 1.53. The van der Waals surface area contributed by atoms with E-state index in [1.165, 1.54) is 11.5 Å². The number of benzene rings is 2. The van der Waals surface area contributed by atoms with Crippen molar-refractivity contribution in [3.05, 3.63) is 54.1 Å². The zero-order valence-corrected chi connectivity index (χ0v) is 8.68. The highest BCUT2D eigenvalue weighted by Crippen LogP contribution is 2.16. The maximum atomic E-state index is 10.9. The number of hydrogen-bond acceptors (Lipinski definition) is 2. The van der Waals surface area contributed by atoms with Crippen molar-refractivity contribution in [2.24, 2.45) is 5.84 Å². The minimum absolute atomic E-state index is 0.312. The van der Waals surface area contributed by atoms with Crippen molar-refractivity contribution in [2.45, 2.75) is 0 Å². The van der Waals surface area contributed by atoms with Gasteiger partial charge in [-0.3, -0.25) is 10.2 Å². The van der Waals surface area contributed by atoms with Gasteiger partial charge in [0.2, 0.25) is 0 Å². The minimum Gasteiger partial charge on any atom is -0.291 e. The quantitative estimate of drug-likeness (QED) is 0.345. The van der Waals surface area contributed by atoms with Crippen molar-refractivity contribution in [3.63, 3.8) is 0 Å². The molecule has 3 nitrogen and oxygen atoms in total. The number of nitrogens with two attached hydrogens (primary N) is 1. The van der Waals surface area contributed by atoms with Gasteiger partial charge in [-0.1, -0.05) is 36.4 Å². The molecule has 0 aliphatic carbocycles. The Morgan fingerprint density at radius 1 is 1.12 bits per heavy atom. The van der Waals surface area contributed by atoms with Crippen molar-refractivity contribution in [2.75, 3.05) is 0 Å². The SMILES string of the molecule is NNC(=O)/C=C/c1ccc2ccccc2c1. The van der Waals surface area contributed by atoms with Crippen molar-refractivity contribution in [1.82, 2.24) is 5.43 Å². The van der Waals surface area contributed by atoms with Gasteiger partial charge < -0.3 is 0 Å². The fourth-order valence-electron chi connectivity index (χ4n) is 1.53. The molecule has 0 heterocycles. The molecule has 0 atom stereocenters. The molecule has 0 saturated heterocycles. The molecule has 3 N–H and O–H groups in total. The Balaban J connectivity index is 2.33. The van der Waals surface area contributed by atoms with Gasteiger partial charge in [0, 0.05) is 6.08 Å². The number of carbonyl (C=O) groups is 1. The van der Waals surface area contributed by atoms with Gasteiger partial charge in [-0.05, 0) is 28.5 Å². The molecule has 0 aliphatic rings. The van der Waals surface area contributed by atoms with E-state index in [1.54, 1.807) is 6.08 Å². The number of fused-ring (bicyclic) bond motifs is 1. The summed E-state index contributed by atoms with van der Waals surface area (Å²) in [7, 11) is 0. The number of carbonyl (C=O) groups excluding carboxylic acids is 1. The maximum absolute atomic E-state index is 10.9.